The van der Waals surface area contributed by atoms with E-state index in [1.807, 2.05) is 45.5 Å². The second-order valence-corrected chi connectivity index (χ2v) is 6.08. The Balaban J connectivity index is 0.000000805. The van der Waals surface area contributed by atoms with Crippen molar-refractivity contribution >= 4 is 29.5 Å². The van der Waals surface area contributed by atoms with Crippen LogP contribution in [0.4, 0.5) is 11.4 Å². The third-order valence-corrected chi connectivity index (χ3v) is 3.84. The molecule has 0 fully saturated rings. The number of hydrogen-bond acceptors (Lipinski definition) is 5. The van der Waals surface area contributed by atoms with Crippen LogP contribution in [0.15, 0.2) is 37.2 Å². The standard InChI is InChI=1S/C14H16N4O4.C4H6N2.2C2H6/c1-8(20)11-4-9(5-17(11)2)16-14(22)12-13(21)10(15-7-19)6-18(12)3;1-6-3-2-5-4-6;2*1-2/h4-7,21H,1-3H3,(H,15,19)(H,16,22);2-4H,1H3;2*1-2H3. The van der Waals surface area contributed by atoms with Gasteiger partial charge in [-0.15, -0.1) is 0 Å². The van der Waals surface area contributed by atoms with Crippen LogP contribution in [-0.4, -0.2) is 41.9 Å². The molecule has 176 valence electrons. The molecule has 0 unspecified atom stereocenters. The second-order valence-electron chi connectivity index (χ2n) is 6.08. The van der Waals surface area contributed by atoms with E-state index in [1.165, 1.54) is 17.7 Å². The quantitative estimate of drug-likeness (QED) is 0.408. The zero-order valence-corrected chi connectivity index (χ0v) is 20.0. The molecular formula is C22H34N6O4. The van der Waals surface area contributed by atoms with Crippen LogP contribution in [0.1, 0.15) is 55.6 Å². The van der Waals surface area contributed by atoms with Crippen LogP contribution in [0.3, 0.4) is 0 Å². The molecule has 0 saturated carbocycles. The average Bonchev–Trinajstić information content (AvgIpc) is 3.46. The van der Waals surface area contributed by atoms with Gasteiger partial charge >= 0.3 is 0 Å². The van der Waals surface area contributed by atoms with Crippen LogP contribution in [0.25, 0.3) is 0 Å². The van der Waals surface area contributed by atoms with Gasteiger partial charge in [0.25, 0.3) is 5.91 Å². The maximum atomic E-state index is 12.3. The van der Waals surface area contributed by atoms with Crippen molar-refractivity contribution in [2.75, 3.05) is 10.6 Å². The number of amides is 2. The lowest BCUT2D eigenvalue weighted by molar-refractivity contribution is -0.105. The Morgan fingerprint density at radius 1 is 1.06 bits per heavy atom. The number of Topliss-reactive ketones (excluding diaryl/α,β-unsaturated/α-hetero) is 1. The Kier molecular flexibility index (Phi) is 12.5. The van der Waals surface area contributed by atoms with Gasteiger partial charge in [0.05, 0.1) is 17.7 Å². The van der Waals surface area contributed by atoms with Crippen molar-refractivity contribution in [3.05, 3.63) is 48.6 Å². The lowest BCUT2D eigenvalue weighted by Crippen LogP contribution is -2.15. The van der Waals surface area contributed by atoms with Gasteiger partial charge in [0, 0.05) is 52.9 Å². The Morgan fingerprint density at radius 2 is 1.69 bits per heavy atom. The number of imidazole rings is 1. The summed E-state index contributed by atoms with van der Waals surface area (Å²) in [4.78, 5) is 37.9. The first kappa shape index (κ1) is 28.2. The summed E-state index contributed by atoms with van der Waals surface area (Å²) in [6, 6.07) is 1.55. The van der Waals surface area contributed by atoms with E-state index < -0.39 is 5.91 Å². The highest BCUT2D eigenvalue weighted by Gasteiger charge is 2.21. The monoisotopic (exact) mass is 446 g/mol. The molecule has 0 bridgehead atoms. The highest BCUT2D eigenvalue weighted by atomic mass is 16.3. The number of rotatable bonds is 5. The molecule has 3 aromatic rings. The number of carbonyl (C=O) groups is 3. The number of aromatic hydroxyl groups is 1. The number of anilines is 2. The predicted molar refractivity (Wildman–Crippen MR) is 126 cm³/mol. The van der Waals surface area contributed by atoms with Gasteiger partial charge in [-0.05, 0) is 6.07 Å². The van der Waals surface area contributed by atoms with Gasteiger partial charge in [-0.3, -0.25) is 14.4 Å². The van der Waals surface area contributed by atoms with Gasteiger partial charge in [-0.1, -0.05) is 27.7 Å². The summed E-state index contributed by atoms with van der Waals surface area (Å²) in [7, 11) is 5.20. The highest BCUT2D eigenvalue weighted by molar-refractivity contribution is 6.07. The van der Waals surface area contributed by atoms with E-state index in [1.54, 1.807) is 43.4 Å². The Morgan fingerprint density at radius 3 is 2.09 bits per heavy atom. The van der Waals surface area contributed by atoms with E-state index in [0.717, 1.165) is 0 Å². The molecule has 0 aliphatic rings. The first-order valence-corrected chi connectivity index (χ1v) is 10.2. The minimum Gasteiger partial charge on any atom is -0.504 e. The fourth-order valence-corrected chi connectivity index (χ4v) is 2.55. The number of hydrogen-bond donors (Lipinski definition) is 3. The van der Waals surface area contributed by atoms with Gasteiger partial charge in [0.2, 0.25) is 6.41 Å². The first-order valence-electron chi connectivity index (χ1n) is 10.2. The molecule has 3 rings (SSSR count). The molecule has 32 heavy (non-hydrogen) atoms. The number of aryl methyl sites for hydroxylation is 3. The third-order valence-electron chi connectivity index (χ3n) is 3.84. The molecule has 3 N–H and O–H groups in total. The number of nitrogens with one attached hydrogen (secondary N) is 2. The molecular weight excluding hydrogens is 412 g/mol. The largest absolute Gasteiger partial charge is 0.504 e. The first-order chi connectivity index (χ1) is 15.2. The van der Waals surface area contributed by atoms with E-state index in [4.69, 9.17) is 0 Å². The number of ketones is 1. The smallest absolute Gasteiger partial charge is 0.276 e. The Labute approximate surface area is 188 Å². The minimum absolute atomic E-state index is 0.00224. The summed E-state index contributed by atoms with van der Waals surface area (Å²) >= 11 is 0. The van der Waals surface area contributed by atoms with Crippen molar-refractivity contribution in [1.82, 2.24) is 18.7 Å². The molecule has 0 aliphatic carbocycles. The second kappa shape index (κ2) is 14.2. The predicted octanol–water partition coefficient (Wildman–Crippen LogP) is 3.56. The topological polar surface area (TPSA) is 123 Å². The average molecular weight is 447 g/mol. The molecule has 3 aromatic heterocycles. The zero-order chi connectivity index (χ0) is 24.8. The summed E-state index contributed by atoms with van der Waals surface area (Å²) in [5, 5.41) is 14.9. The zero-order valence-electron chi connectivity index (χ0n) is 20.0. The van der Waals surface area contributed by atoms with E-state index in [2.05, 4.69) is 15.6 Å². The van der Waals surface area contributed by atoms with Crippen LogP contribution in [-0.2, 0) is 25.9 Å². The fourth-order valence-electron chi connectivity index (χ4n) is 2.55. The molecule has 2 amide bonds. The molecule has 0 aliphatic heterocycles. The molecule has 0 saturated heterocycles. The summed E-state index contributed by atoms with van der Waals surface area (Å²) in [5.41, 5.74) is 1.02. The van der Waals surface area contributed by atoms with Crippen molar-refractivity contribution in [3.8, 4) is 5.75 Å². The van der Waals surface area contributed by atoms with Crippen LogP contribution in [0, 0.1) is 0 Å². The van der Waals surface area contributed by atoms with Crippen molar-refractivity contribution in [3.63, 3.8) is 0 Å². The van der Waals surface area contributed by atoms with Crippen molar-refractivity contribution in [1.29, 1.82) is 0 Å². The van der Waals surface area contributed by atoms with Crippen LogP contribution in [0.2, 0.25) is 0 Å². The summed E-state index contributed by atoms with van der Waals surface area (Å²) in [5.74, 6) is -1.00. The normalized spacial score (nSPS) is 9.12. The molecule has 0 radical (unpaired) electrons. The SMILES string of the molecule is CC.CC.CC(=O)c1cc(NC(=O)c2c(O)c(NC=O)cn2C)cn1C.Cn1ccnc1. The lowest BCUT2D eigenvalue weighted by Gasteiger charge is -2.04. The summed E-state index contributed by atoms with van der Waals surface area (Å²) in [6.07, 6.45) is 8.82. The van der Waals surface area contributed by atoms with Crippen LogP contribution < -0.4 is 10.6 Å². The van der Waals surface area contributed by atoms with E-state index >= 15 is 0 Å². The summed E-state index contributed by atoms with van der Waals surface area (Å²) in [6.45, 7) is 9.43. The van der Waals surface area contributed by atoms with Crippen molar-refractivity contribution < 1.29 is 19.5 Å². The molecule has 3 heterocycles. The van der Waals surface area contributed by atoms with Gasteiger partial charge in [-0.2, -0.15) is 0 Å². The minimum atomic E-state index is -0.556. The highest BCUT2D eigenvalue weighted by Crippen LogP contribution is 2.29. The van der Waals surface area contributed by atoms with Crippen molar-refractivity contribution in [2.45, 2.75) is 34.6 Å². The van der Waals surface area contributed by atoms with E-state index in [-0.39, 0.29) is 22.9 Å². The third kappa shape index (κ3) is 7.78. The molecule has 0 spiro atoms. The fraction of sp³-hybridized carbons (Fsp3) is 0.364. The summed E-state index contributed by atoms with van der Waals surface area (Å²) < 4.78 is 4.88. The van der Waals surface area contributed by atoms with Gasteiger partial charge in [0.15, 0.2) is 17.2 Å². The number of carbonyl (C=O) groups excluding carboxylic acids is 3. The maximum Gasteiger partial charge on any atom is 0.276 e. The number of nitrogens with zero attached hydrogens (tertiary/aromatic N) is 4. The van der Waals surface area contributed by atoms with Gasteiger partial charge < -0.3 is 29.4 Å². The maximum absolute atomic E-state index is 12.3. The molecule has 10 nitrogen and oxygen atoms in total. The molecule has 0 aromatic carbocycles. The van der Waals surface area contributed by atoms with Crippen LogP contribution >= 0.6 is 0 Å². The lowest BCUT2D eigenvalue weighted by atomic mass is 10.3. The number of aromatic nitrogens is 4. The van der Waals surface area contributed by atoms with E-state index in [0.29, 0.717) is 17.8 Å². The van der Waals surface area contributed by atoms with E-state index in [9.17, 15) is 19.5 Å². The van der Waals surface area contributed by atoms with Gasteiger partial charge in [0.1, 0.15) is 5.69 Å². The Bertz CT molecular complexity index is 987. The van der Waals surface area contributed by atoms with Crippen LogP contribution in [0.5, 0.6) is 5.75 Å². The van der Waals surface area contributed by atoms with Crippen molar-refractivity contribution in [2.24, 2.45) is 21.1 Å². The molecule has 10 heteroatoms. The van der Waals surface area contributed by atoms with Gasteiger partial charge in [-0.25, -0.2) is 4.98 Å². The molecule has 0 atom stereocenters. The Hall–Kier alpha value is -3.82.